The normalized spacial score (nSPS) is 10.1. The third-order valence-electron chi connectivity index (χ3n) is 3.06. The number of benzene rings is 2. The summed E-state index contributed by atoms with van der Waals surface area (Å²) < 4.78 is 1.03. The van der Waals surface area contributed by atoms with Gasteiger partial charge in [0.2, 0.25) is 0 Å². The number of hydrogen-bond acceptors (Lipinski definition) is 4. The van der Waals surface area contributed by atoms with Crippen LogP contribution in [0.15, 0.2) is 39.3 Å². The van der Waals surface area contributed by atoms with Crippen LogP contribution in [-0.4, -0.2) is 24.6 Å². The fraction of sp³-hybridized carbons (Fsp3) is 0. The number of carbonyl (C=O) groups is 4. The maximum atomic E-state index is 12.7. The highest BCUT2D eigenvalue weighted by Gasteiger charge is 2.18. The SMILES string of the molecule is O=Cc1cc(Br)c(C(=O)c2cc(Br)ccc2C=O)cc1C=O. The molecule has 2 aromatic rings. The van der Waals surface area contributed by atoms with Crippen LogP contribution in [0.2, 0.25) is 0 Å². The molecule has 0 amide bonds. The Morgan fingerprint density at radius 3 is 1.95 bits per heavy atom. The standard InChI is InChI=1S/C16H8Br2O4/c17-12-2-1-9(6-19)13(5-12)16(22)14-3-10(7-20)11(8-21)4-15(14)18/h1-8H. The molecule has 4 nitrogen and oxygen atoms in total. The van der Waals surface area contributed by atoms with Crippen molar-refractivity contribution < 1.29 is 19.2 Å². The predicted octanol–water partition coefficient (Wildman–Crippen LogP) is 3.88. The Hall–Kier alpha value is -1.92. The fourth-order valence-corrected chi connectivity index (χ4v) is 2.86. The Morgan fingerprint density at radius 1 is 0.773 bits per heavy atom. The largest absolute Gasteiger partial charge is 0.298 e. The summed E-state index contributed by atoms with van der Waals surface area (Å²) in [5.74, 6) is -0.421. The van der Waals surface area contributed by atoms with Gasteiger partial charge in [-0.05, 0) is 30.3 Å². The highest BCUT2D eigenvalue weighted by molar-refractivity contribution is 9.10. The molecule has 0 spiro atoms. The van der Waals surface area contributed by atoms with Gasteiger partial charge in [0.15, 0.2) is 24.6 Å². The minimum Gasteiger partial charge on any atom is -0.298 e. The van der Waals surface area contributed by atoms with E-state index in [0.717, 1.165) is 0 Å². The van der Waals surface area contributed by atoms with E-state index in [1.807, 2.05) is 0 Å². The van der Waals surface area contributed by atoms with Gasteiger partial charge in [-0.1, -0.05) is 31.9 Å². The van der Waals surface area contributed by atoms with E-state index in [0.29, 0.717) is 27.8 Å². The highest BCUT2D eigenvalue weighted by Crippen LogP contribution is 2.26. The molecule has 0 saturated heterocycles. The lowest BCUT2D eigenvalue weighted by Crippen LogP contribution is -2.08. The van der Waals surface area contributed by atoms with Gasteiger partial charge in [-0.15, -0.1) is 0 Å². The molecule has 0 atom stereocenters. The Labute approximate surface area is 142 Å². The average Bonchev–Trinajstić information content (AvgIpc) is 2.53. The van der Waals surface area contributed by atoms with Gasteiger partial charge >= 0.3 is 0 Å². The molecule has 22 heavy (non-hydrogen) atoms. The van der Waals surface area contributed by atoms with Crippen molar-refractivity contribution in [3.63, 3.8) is 0 Å². The first kappa shape index (κ1) is 16.5. The van der Waals surface area contributed by atoms with Gasteiger partial charge in [0.25, 0.3) is 0 Å². The molecule has 0 fully saturated rings. The molecular formula is C16H8Br2O4. The van der Waals surface area contributed by atoms with Crippen LogP contribution in [0.1, 0.15) is 47.0 Å². The Bertz CT molecular complexity index is 797. The van der Waals surface area contributed by atoms with Crippen LogP contribution in [-0.2, 0) is 0 Å². The molecule has 2 rings (SSSR count). The summed E-state index contributed by atoms with van der Waals surface area (Å²) in [6, 6.07) is 7.45. The van der Waals surface area contributed by atoms with Crippen LogP contribution in [0, 0.1) is 0 Å². The second-order valence-electron chi connectivity index (χ2n) is 4.38. The van der Waals surface area contributed by atoms with Crippen molar-refractivity contribution in [3.05, 3.63) is 67.1 Å². The van der Waals surface area contributed by atoms with Gasteiger partial charge in [-0.2, -0.15) is 0 Å². The van der Waals surface area contributed by atoms with Crippen molar-refractivity contribution in [1.82, 2.24) is 0 Å². The topological polar surface area (TPSA) is 68.3 Å². The number of halogens is 2. The van der Waals surface area contributed by atoms with Gasteiger partial charge in [-0.3, -0.25) is 19.2 Å². The lowest BCUT2D eigenvalue weighted by molar-refractivity contribution is 0.102. The molecule has 0 aliphatic carbocycles. The van der Waals surface area contributed by atoms with E-state index in [9.17, 15) is 19.2 Å². The van der Waals surface area contributed by atoms with Crippen LogP contribution in [0.4, 0.5) is 0 Å². The second-order valence-corrected chi connectivity index (χ2v) is 6.15. The van der Waals surface area contributed by atoms with Gasteiger partial charge in [0, 0.05) is 36.8 Å². The molecule has 0 heterocycles. The van der Waals surface area contributed by atoms with E-state index in [1.165, 1.54) is 24.3 Å². The van der Waals surface area contributed by atoms with Crippen molar-refractivity contribution in [2.45, 2.75) is 0 Å². The summed E-state index contributed by atoms with van der Waals surface area (Å²) in [4.78, 5) is 45.7. The smallest absolute Gasteiger partial charge is 0.194 e. The molecule has 2 aromatic carbocycles. The van der Waals surface area contributed by atoms with E-state index in [2.05, 4.69) is 31.9 Å². The van der Waals surface area contributed by atoms with E-state index in [1.54, 1.807) is 6.07 Å². The third kappa shape index (κ3) is 3.13. The van der Waals surface area contributed by atoms with Crippen molar-refractivity contribution in [2.24, 2.45) is 0 Å². The summed E-state index contributed by atoms with van der Waals surface area (Å²) in [7, 11) is 0. The predicted molar refractivity (Wildman–Crippen MR) is 87.9 cm³/mol. The minimum atomic E-state index is -0.421. The molecule has 0 saturated carbocycles. The Kier molecular flexibility index (Phi) is 5.15. The maximum absolute atomic E-state index is 12.7. The zero-order chi connectivity index (χ0) is 16.3. The molecule has 0 unspecified atom stereocenters. The van der Waals surface area contributed by atoms with Crippen molar-refractivity contribution in [1.29, 1.82) is 0 Å². The van der Waals surface area contributed by atoms with Crippen LogP contribution in [0.5, 0.6) is 0 Å². The quantitative estimate of drug-likeness (QED) is 0.540. The summed E-state index contributed by atoms with van der Waals surface area (Å²) in [6.45, 7) is 0. The monoisotopic (exact) mass is 422 g/mol. The lowest BCUT2D eigenvalue weighted by Gasteiger charge is -2.09. The van der Waals surface area contributed by atoms with Gasteiger partial charge in [0.1, 0.15) is 0 Å². The first-order valence-corrected chi connectivity index (χ1v) is 7.63. The fourth-order valence-electron chi connectivity index (χ4n) is 1.96. The van der Waals surface area contributed by atoms with Crippen molar-refractivity contribution >= 4 is 56.5 Å². The Balaban J connectivity index is 2.64. The van der Waals surface area contributed by atoms with Gasteiger partial charge in [-0.25, -0.2) is 0 Å². The van der Waals surface area contributed by atoms with Gasteiger partial charge < -0.3 is 0 Å². The molecule has 0 aliphatic rings. The second kappa shape index (κ2) is 6.89. The maximum Gasteiger partial charge on any atom is 0.194 e. The van der Waals surface area contributed by atoms with E-state index in [4.69, 9.17) is 0 Å². The van der Waals surface area contributed by atoms with E-state index < -0.39 is 5.78 Å². The number of carbonyl (C=O) groups excluding carboxylic acids is 4. The number of ketones is 1. The molecule has 6 heteroatoms. The summed E-state index contributed by atoms with van der Waals surface area (Å²) >= 11 is 6.47. The summed E-state index contributed by atoms with van der Waals surface area (Å²) in [5.41, 5.74) is 0.953. The number of rotatable bonds is 5. The first-order valence-electron chi connectivity index (χ1n) is 6.05. The number of aldehydes is 3. The van der Waals surface area contributed by atoms with Crippen molar-refractivity contribution in [3.8, 4) is 0 Å². The van der Waals surface area contributed by atoms with Crippen LogP contribution >= 0.6 is 31.9 Å². The molecule has 110 valence electrons. The summed E-state index contributed by atoms with van der Waals surface area (Å²) in [6.07, 6.45) is 1.64. The zero-order valence-corrected chi connectivity index (χ0v) is 14.2. The Morgan fingerprint density at radius 2 is 1.36 bits per heavy atom. The molecule has 0 N–H and O–H groups in total. The highest BCUT2D eigenvalue weighted by atomic mass is 79.9. The molecule has 0 aromatic heterocycles. The number of hydrogen-bond donors (Lipinski definition) is 0. The molecule has 0 bridgehead atoms. The van der Waals surface area contributed by atoms with Crippen molar-refractivity contribution in [2.75, 3.05) is 0 Å². The minimum absolute atomic E-state index is 0.115. The molecule has 0 aliphatic heterocycles. The van der Waals surface area contributed by atoms with Gasteiger partial charge in [0.05, 0.1) is 0 Å². The van der Waals surface area contributed by atoms with Crippen LogP contribution in [0.25, 0.3) is 0 Å². The zero-order valence-electron chi connectivity index (χ0n) is 11.0. The van der Waals surface area contributed by atoms with Crippen LogP contribution in [0.3, 0.4) is 0 Å². The van der Waals surface area contributed by atoms with E-state index in [-0.39, 0.29) is 27.8 Å². The third-order valence-corrected chi connectivity index (χ3v) is 4.21. The average molecular weight is 424 g/mol. The molecule has 0 radical (unpaired) electrons. The molecular weight excluding hydrogens is 416 g/mol. The van der Waals surface area contributed by atoms with Crippen LogP contribution < -0.4 is 0 Å². The lowest BCUT2D eigenvalue weighted by atomic mass is 9.96. The summed E-state index contributed by atoms with van der Waals surface area (Å²) in [5, 5.41) is 0. The first-order chi connectivity index (χ1) is 10.5. The van der Waals surface area contributed by atoms with E-state index >= 15 is 0 Å².